The number of halogens is 2. The molecule has 2 nitrogen and oxygen atoms in total. The van der Waals surface area contributed by atoms with Crippen molar-refractivity contribution in [2.45, 2.75) is 58.3 Å². The largest absolute Gasteiger partial charge is 0.236 e. The van der Waals surface area contributed by atoms with Crippen molar-refractivity contribution in [2.24, 2.45) is 11.8 Å². The molecule has 144 valence electrons. The maximum atomic E-state index is 6.08. The molecule has 1 aromatic carbocycles. The zero-order valence-corrected chi connectivity index (χ0v) is 17.5. The quantitative estimate of drug-likeness (QED) is 0.446. The van der Waals surface area contributed by atoms with Crippen molar-refractivity contribution < 1.29 is 0 Å². The van der Waals surface area contributed by atoms with E-state index in [2.05, 4.69) is 29.0 Å². The average molecular weight is 403 g/mol. The van der Waals surface area contributed by atoms with Gasteiger partial charge in [-0.3, -0.25) is 0 Å². The molecule has 1 aliphatic carbocycles. The summed E-state index contributed by atoms with van der Waals surface area (Å²) in [6, 6.07) is 5.49. The lowest BCUT2D eigenvalue weighted by Gasteiger charge is -2.26. The van der Waals surface area contributed by atoms with E-state index in [1.807, 2.05) is 24.5 Å². The summed E-state index contributed by atoms with van der Waals surface area (Å²) in [5.41, 5.74) is 2.11. The highest BCUT2D eigenvalue weighted by Crippen LogP contribution is 2.32. The molecule has 0 spiro atoms. The van der Waals surface area contributed by atoms with Gasteiger partial charge in [0.15, 0.2) is 5.82 Å². The van der Waals surface area contributed by atoms with E-state index < -0.39 is 0 Å². The Kier molecular flexibility index (Phi) is 7.72. The van der Waals surface area contributed by atoms with Gasteiger partial charge < -0.3 is 0 Å². The summed E-state index contributed by atoms with van der Waals surface area (Å²) in [4.78, 5) is 9.03. The first-order valence-electron chi connectivity index (χ1n) is 10.1. The molecule has 3 rings (SSSR count). The molecule has 0 saturated heterocycles. The molecule has 1 fully saturated rings. The molecule has 0 amide bonds. The minimum Gasteiger partial charge on any atom is -0.236 e. The fraction of sp³-hybridized carbons (Fsp3) is 0.478. The topological polar surface area (TPSA) is 25.8 Å². The van der Waals surface area contributed by atoms with E-state index in [-0.39, 0.29) is 0 Å². The van der Waals surface area contributed by atoms with Crippen LogP contribution in [-0.2, 0) is 6.42 Å². The van der Waals surface area contributed by atoms with Gasteiger partial charge in [-0.05, 0) is 80.5 Å². The number of hydrogen-bond donors (Lipinski definition) is 0. The lowest BCUT2D eigenvalue weighted by atomic mass is 9.79. The maximum absolute atomic E-state index is 6.08. The second-order valence-corrected chi connectivity index (χ2v) is 8.39. The summed E-state index contributed by atoms with van der Waals surface area (Å²) in [5.74, 6) is 2.34. The highest BCUT2D eigenvalue weighted by atomic mass is 35.5. The number of nitrogens with zero attached hydrogens (tertiary/aromatic N) is 2. The van der Waals surface area contributed by atoms with Gasteiger partial charge in [-0.1, -0.05) is 48.7 Å². The van der Waals surface area contributed by atoms with Crippen LogP contribution >= 0.6 is 23.2 Å². The summed E-state index contributed by atoms with van der Waals surface area (Å²) in [7, 11) is 0. The number of benzene rings is 1. The third kappa shape index (κ3) is 6.05. The SMILES string of the molecule is CCCC=CC1CCC(CCc2cnc(-c3ccc(Cl)c(Cl)c3)nc2)CC1. The average Bonchev–Trinajstić information content (AvgIpc) is 2.70. The van der Waals surface area contributed by atoms with Crippen molar-refractivity contribution in [3.05, 3.63) is 58.4 Å². The Morgan fingerprint density at radius 3 is 2.44 bits per heavy atom. The molecule has 27 heavy (non-hydrogen) atoms. The number of aromatic nitrogens is 2. The van der Waals surface area contributed by atoms with Gasteiger partial charge in [0.05, 0.1) is 10.0 Å². The first-order chi connectivity index (χ1) is 13.2. The van der Waals surface area contributed by atoms with E-state index in [0.717, 1.165) is 23.8 Å². The zero-order valence-electron chi connectivity index (χ0n) is 16.0. The van der Waals surface area contributed by atoms with Crippen molar-refractivity contribution in [1.82, 2.24) is 9.97 Å². The Morgan fingerprint density at radius 2 is 1.78 bits per heavy atom. The van der Waals surface area contributed by atoms with E-state index in [0.29, 0.717) is 15.9 Å². The van der Waals surface area contributed by atoms with Gasteiger partial charge in [0.25, 0.3) is 0 Å². The van der Waals surface area contributed by atoms with Gasteiger partial charge >= 0.3 is 0 Å². The van der Waals surface area contributed by atoms with Crippen LogP contribution in [0.15, 0.2) is 42.7 Å². The molecular weight excluding hydrogens is 375 g/mol. The number of allylic oxidation sites excluding steroid dienone is 2. The van der Waals surface area contributed by atoms with Crippen LogP contribution < -0.4 is 0 Å². The van der Waals surface area contributed by atoms with Gasteiger partial charge in [0.1, 0.15) is 0 Å². The van der Waals surface area contributed by atoms with Crippen LogP contribution in [-0.4, -0.2) is 9.97 Å². The first-order valence-corrected chi connectivity index (χ1v) is 10.8. The van der Waals surface area contributed by atoms with Crippen LogP contribution in [0.2, 0.25) is 10.0 Å². The van der Waals surface area contributed by atoms with E-state index >= 15 is 0 Å². The second kappa shape index (κ2) is 10.2. The molecule has 1 aliphatic rings. The Balaban J connectivity index is 1.47. The standard InChI is InChI=1S/C23H28Cl2N2/c1-2-3-4-5-17-6-8-18(9-7-17)10-11-19-15-26-23(27-16-19)20-12-13-21(24)22(25)14-20/h4-5,12-18H,2-3,6-11H2,1H3. The van der Waals surface area contributed by atoms with Crippen LogP contribution in [0.3, 0.4) is 0 Å². The van der Waals surface area contributed by atoms with E-state index in [4.69, 9.17) is 23.2 Å². The smallest absolute Gasteiger partial charge is 0.159 e. The summed E-state index contributed by atoms with van der Waals surface area (Å²) >= 11 is 12.1. The molecule has 1 saturated carbocycles. The molecule has 0 bridgehead atoms. The molecule has 0 atom stereocenters. The Hall–Kier alpha value is -1.38. The van der Waals surface area contributed by atoms with E-state index in [9.17, 15) is 0 Å². The summed E-state index contributed by atoms with van der Waals surface area (Å²) in [6.45, 7) is 2.24. The van der Waals surface area contributed by atoms with Gasteiger partial charge in [0, 0.05) is 18.0 Å². The van der Waals surface area contributed by atoms with Gasteiger partial charge in [-0.2, -0.15) is 0 Å². The molecule has 0 radical (unpaired) electrons. The third-order valence-electron chi connectivity index (χ3n) is 5.48. The summed E-state index contributed by atoms with van der Waals surface area (Å²) in [5, 5.41) is 1.08. The molecule has 1 heterocycles. The molecule has 2 aromatic rings. The number of aryl methyl sites for hydroxylation is 1. The highest BCUT2D eigenvalue weighted by Gasteiger charge is 2.19. The van der Waals surface area contributed by atoms with Crippen molar-refractivity contribution in [1.29, 1.82) is 0 Å². The zero-order chi connectivity index (χ0) is 19.1. The first kappa shape index (κ1) is 20.4. The van der Waals surface area contributed by atoms with Crippen molar-refractivity contribution >= 4 is 23.2 Å². The molecule has 4 heteroatoms. The molecule has 0 unspecified atom stereocenters. The van der Waals surface area contributed by atoms with Gasteiger partial charge in [0.2, 0.25) is 0 Å². The Bertz CT molecular complexity index is 747. The minimum atomic E-state index is 0.530. The molecular formula is C23H28Cl2N2. The van der Waals surface area contributed by atoms with E-state index in [1.54, 1.807) is 6.07 Å². The van der Waals surface area contributed by atoms with Gasteiger partial charge in [-0.15, -0.1) is 0 Å². The fourth-order valence-corrected chi connectivity index (χ4v) is 4.06. The lowest BCUT2D eigenvalue weighted by molar-refractivity contribution is 0.296. The maximum Gasteiger partial charge on any atom is 0.159 e. The monoisotopic (exact) mass is 402 g/mol. The van der Waals surface area contributed by atoms with Crippen molar-refractivity contribution in [3.8, 4) is 11.4 Å². The van der Waals surface area contributed by atoms with Crippen LogP contribution in [0.1, 0.15) is 57.4 Å². The van der Waals surface area contributed by atoms with Crippen LogP contribution in [0, 0.1) is 11.8 Å². The minimum absolute atomic E-state index is 0.530. The highest BCUT2D eigenvalue weighted by molar-refractivity contribution is 6.42. The van der Waals surface area contributed by atoms with Crippen molar-refractivity contribution in [2.75, 3.05) is 0 Å². The molecule has 1 aromatic heterocycles. The third-order valence-corrected chi connectivity index (χ3v) is 6.22. The van der Waals surface area contributed by atoms with Crippen LogP contribution in [0.25, 0.3) is 11.4 Å². The predicted molar refractivity (Wildman–Crippen MR) is 115 cm³/mol. The number of rotatable bonds is 7. The summed E-state index contributed by atoms with van der Waals surface area (Å²) < 4.78 is 0. The summed E-state index contributed by atoms with van der Waals surface area (Å²) in [6.07, 6.45) is 18.9. The molecule has 0 aliphatic heterocycles. The van der Waals surface area contributed by atoms with Crippen molar-refractivity contribution in [3.63, 3.8) is 0 Å². The predicted octanol–water partition coefficient (Wildman–Crippen LogP) is 7.55. The number of unbranched alkanes of at least 4 members (excludes halogenated alkanes) is 1. The fourth-order valence-electron chi connectivity index (χ4n) is 3.76. The second-order valence-electron chi connectivity index (χ2n) is 7.58. The number of hydrogen-bond acceptors (Lipinski definition) is 2. The van der Waals surface area contributed by atoms with Crippen LogP contribution in [0.5, 0.6) is 0 Å². The lowest BCUT2D eigenvalue weighted by Crippen LogP contribution is -2.13. The van der Waals surface area contributed by atoms with E-state index in [1.165, 1.54) is 50.5 Å². The Morgan fingerprint density at radius 1 is 1.04 bits per heavy atom. The van der Waals surface area contributed by atoms with Gasteiger partial charge in [-0.25, -0.2) is 9.97 Å². The van der Waals surface area contributed by atoms with Crippen LogP contribution in [0.4, 0.5) is 0 Å². The molecule has 0 N–H and O–H groups in total. The normalized spacial score (nSPS) is 20.3. The Labute approximate surface area is 173 Å².